The van der Waals surface area contributed by atoms with Crippen LogP contribution in [0.15, 0.2) is 0 Å². The first-order chi connectivity index (χ1) is 13.7. The Morgan fingerprint density at radius 1 is 0.759 bits per heavy atom. The topological polar surface area (TPSA) is 129 Å². The Balaban J connectivity index is 3.06. The molecule has 0 amide bonds. The van der Waals surface area contributed by atoms with Gasteiger partial charge in [0.2, 0.25) is 0 Å². The maximum atomic E-state index is 13.4. The van der Waals surface area contributed by atoms with E-state index in [0.717, 1.165) is 51.4 Å². The van der Waals surface area contributed by atoms with Gasteiger partial charge >= 0.3 is 17.9 Å². The van der Waals surface area contributed by atoms with Crippen molar-refractivity contribution in [3.8, 4) is 0 Å². The number of carbonyl (C=O) groups excluding carboxylic acids is 1. The van der Waals surface area contributed by atoms with Crippen LogP contribution in [0, 0.1) is 11.3 Å². The van der Waals surface area contributed by atoms with E-state index in [4.69, 9.17) is 5.11 Å². The lowest BCUT2D eigenvalue weighted by Crippen LogP contribution is -2.34. The lowest BCUT2D eigenvalue weighted by Gasteiger charge is -2.33. The number of hydrogen-bond donors (Lipinski definition) is 3. The van der Waals surface area contributed by atoms with E-state index in [9.17, 15) is 29.4 Å². The third-order valence-electron chi connectivity index (χ3n) is 6.23. The second-order valence-corrected chi connectivity index (χ2v) is 8.51. The van der Waals surface area contributed by atoms with E-state index < -0.39 is 23.3 Å². The molecule has 0 aromatic heterocycles. The van der Waals surface area contributed by atoms with Gasteiger partial charge in [-0.05, 0) is 31.6 Å². The largest absolute Gasteiger partial charge is 0.481 e. The monoisotopic (exact) mass is 412 g/mol. The molecule has 7 nitrogen and oxygen atoms in total. The number of carboxylic acid groups (broad SMARTS) is 3. The first-order valence-corrected chi connectivity index (χ1v) is 10.9. The highest BCUT2D eigenvalue weighted by Crippen LogP contribution is 2.40. The van der Waals surface area contributed by atoms with Crippen molar-refractivity contribution < 1.29 is 34.5 Å². The van der Waals surface area contributed by atoms with Crippen LogP contribution in [0.25, 0.3) is 0 Å². The number of Topliss-reactive ketones (excluding diaryl/α,β-unsaturated/α-hetero) is 1. The van der Waals surface area contributed by atoms with Gasteiger partial charge in [0.1, 0.15) is 5.78 Å². The average Bonchev–Trinajstić information content (AvgIpc) is 2.66. The number of hydrogen-bond acceptors (Lipinski definition) is 4. The summed E-state index contributed by atoms with van der Waals surface area (Å²) in [5.74, 6) is -2.98. The van der Waals surface area contributed by atoms with Crippen molar-refractivity contribution in [1.82, 2.24) is 0 Å². The van der Waals surface area contributed by atoms with Gasteiger partial charge in [-0.1, -0.05) is 51.4 Å². The van der Waals surface area contributed by atoms with Crippen LogP contribution in [0.1, 0.15) is 103 Å². The van der Waals surface area contributed by atoms with Crippen LogP contribution in [0.5, 0.6) is 0 Å². The molecule has 0 aliphatic heterocycles. The van der Waals surface area contributed by atoms with Crippen LogP contribution in [0.4, 0.5) is 0 Å². The molecule has 0 spiro atoms. The van der Waals surface area contributed by atoms with E-state index >= 15 is 0 Å². The fraction of sp³-hybridized carbons (Fsp3) is 0.818. The summed E-state index contributed by atoms with van der Waals surface area (Å²) in [5, 5.41) is 27.4. The Labute approximate surface area is 172 Å². The maximum absolute atomic E-state index is 13.4. The highest BCUT2D eigenvalue weighted by Gasteiger charge is 2.38. The lowest BCUT2D eigenvalue weighted by molar-refractivity contribution is -0.141. The first-order valence-electron chi connectivity index (χ1n) is 10.9. The molecular formula is C22H36O7. The molecule has 0 saturated heterocycles. The Kier molecular flexibility index (Phi) is 11.5. The normalized spacial score (nSPS) is 21.4. The zero-order chi connectivity index (χ0) is 21.7. The van der Waals surface area contributed by atoms with Gasteiger partial charge in [0, 0.05) is 31.1 Å². The van der Waals surface area contributed by atoms with E-state index in [0.29, 0.717) is 12.8 Å². The summed E-state index contributed by atoms with van der Waals surface area (Å²) in [4.78, 5) is 46.8. The van der Waals surface area contributed by atoms with Gasteiger partial charge < -0.3 is 15.3 Å². The molecule has 0 bridgehead atoms. The SMILES string of the molecule is O=C(O)CCC1CCCCCCCCCC(CCC(=O)O)(CCC(=O)O)C(=O)C1. The standard InChI is InChI=1S/C22H36O7/c23-18-16-17(9-10-19(24)25)8-6-4-2-1-3-5-7-13-22(18,14-11-20(26)27)15-12-21(28)29/h17H,1-16H2,(H,24,25)(H,26,27)(H,28,29). The fourth-order valence-corrected chi connectivity index (χ4v) is 4.42. The quantitative estimate of drug-likeness (QED) is 0.502. The van der Waals surface area contributed by atoms with Gasteiger partial charge in [0.25, 0.3) is 0 Å². The van der Waals surface area contributed by atoms with Crippen LogP contribution in [0.3, 0.4) is 0 Å². The number of ketones is 1. The van der Waals surface area contributed by atoms with Gasteiger partial charge in [-0.2, -0.15) is 0 Å². The summed E-state index contributed by atoms with van der Waals surface area (Å²) in [6.07, 6.45) is 8.99. The second-order valence-electron chi connectivity index (χ2n) is 8.51. The van der Waals surface area contributed by atoms with Gasteiger partial charge in [-0.15, -0.1) is 0 Å². The molecule has 3 N–H and O–H groups in total. The minimum Gasteiger partial charge on any atom is -0.481 e. The molecule has 0 aromatic carbocycles. The van der Waals surface area contributed by atoms with Crippen LogP contribution in [0.2, 0.25) is 0 Å². The predicted octanol–water partition coefficient (Wildman–Crippen LogP) is 4.67. The summed E-state index contributed by atoms with van der Waals surface area (Å²) in [5.41, 5.74) is -0.938. The molecule has 166 valence electrons. The molecule has 1 fully saturated rings. The Morgan fingerprint density at radius 2 is 1.24 bits per heavy atom. The molecule has 1 aliphatic rings. The minimum atomic E-state index is -0.988. The van der Waals surface area contributed by atoms with Gasteiger partial charge in [0.15, 0.2) is 0 Å². The highest BCUT2D eigenvalue weighted by atomic mass is 16.4. The van der Waals surface area contributed by atoms with Gasteiger partial charge in [-0.3, -0.25) is 19.2 Å². The first kappa shape index (κ1) is 25.1. The summed E-state index contributed by atoms with van der Waals surface area (Å²) in [7, 11) is 0. The Hall–Kier alpha value is -1.92. The summed E-state index contributed by atoms with van der Waals surface area (Å²) < 4.78 is 0. The van der Waals surface area contributed by atoms with Crippen LogP contribution in [-0.4, -0.2) is 39.0 Å². The van der Waals surface area contributed by atoms with E-state index in [1.807, 2.05) is 0 Å². The molecule has 0 aromatic rings. The fourth-order valence-electron chi connectivity index (χ4n) is 4.42. The van der Waals surface area contributed by atoms with Gasteiger partial charge in [0.05, 0.1) is 0 Å². The highest BCUT2D eigenvalue weighted by molar-refractivity contribution is 5.86. The van der Waals surface area contributed by atoms with Crippen LogP contribution < -0.4 is 0 Å². The Bertz CT molecular complexity index is 537. The molecule has 29 heavy (non-hydrogen) atoms. The predicted molar refractivity (Wildman–Crippen MR) is 108 cm³/mol. The van der Waals surface area contributed by atoms with E-state index in [-0.39, 0.29) is 50.2 Å². The van der Waals surface area contributed by atoms with Gasteiger partial charge in [-0.25, -0.2) is 0 Å². The summed E-state index contributed by atoms with van der Waals surface area (Å²) in [6.45, 7) is 0. The number of carboxylic acids is 3. The van der Waals surface area contributed by atoms with Crippen molar-refractivity contribution in [3.05, 3.63) is 0 Å². The Morgan fingerprint density at radius 3 is 1.76 bits per heavy atom. The summed E-state index contributed by atoms with van der Waals surface area (Å²) in [6, 6.07) is 0. The van der Waals surface area contributed by atoms with Crippen molar-refractivity contribution in [2.75, 3.05) is 0 Å². The van der Waals surface area contributed by atoms with Crippen LogP contribution in [-0.2, 0) is 19.2 Å². The van der Waals surface area contributed by atoms with E-state index in [2.05, 4.69) is 0 Å². The molecule has 1 rings (SSSR count). The number of carbonyl (C=O) groups is 4. The lowest BCUT2D eigenvalue weighted by atomic mass is 9.69. The molecule has 1 unspecified atom stereocenters. The molecule has 1 atom stereocenters. The minimum absolute atomic E-state index is 0.00913. The third kappa shape index (κ3) is 10.4. The maximum Gasteiger partial charge on any atom is 0.303 e. The molecule has 1 aliphatic carbocycles. The van der Waals surface area contributed by atoms with Crippen LogP contribution >= 0.6 is 0 Å². The average molecular weight is 413 g/mol. The van der Waals surface area contributed by atoms with Crippen molar-refractivity contribution in [3.63, 3.8) is 0 Å². The smallest absolute Gasteiger partial charge is 0.303 e. The molecule has 0 radical (unpaired) electrons. The van der Waals surface area contributed by atoms with Crippen molar-refractivity contribution in [2.45, 2.75) is 103 Å². The number of aliphatic carboxylic acids is 3. The zero-order valence-electron chi connectivity index (χ0n) is 17.4. The van der Waals surface area contributed by atoms with E-state index in [1.54, 1.807) is 0 Å². The molecule has 1 saturated carbocycles. The van der Waals surface area contributed by atoms with Crippen molar-refractivity contribution in [1.29, 1.82) is 0 Å². The zero-order valence-corrected chi connectivity index (χ0v) is 17.4. The van der Waals surface area contributed by atoms with E-state index in [1.165, 1.54) is 0 Å². The third-order valence-corrected chi connectivity index (χ3v) is 6.23. The number of rotatable bonds is 9. The molecular weight excluding hydrogens is 376 g/mol. The second kappa shape index (κ2) is 13.3. The van der Waals surface area contributed by atoms with Crippen molar-refractivity contribution >= 4 is 23.7 Å². The summed E-state index contributed by atoms with van der Waals surface area (Å²) >= 11 is 0. The van der Waals surface area contributed by atoms with Crippen molar-refractivity contribution in [2.24, 2.45) is 11.3 Å². The molecule has 7 heteroatoms. The molecule has 0 heterocycles.